The van der Waals surface area contributed by atoms with E-state index in [0.717, 1.165) is 19.5 Å². The topological polar surface area (TPSA) is 15.3 Å². The predicted molar refractivity (Wildman–Crippen MR) is 87.2 cm³/mol. The molecule has 0 aromatic heterocycles. The maximum atomic E-state index is 3.49. The van der Waals surface area contributed by atoms with Crippen LogP contribution in [0.1, 0.15) is 17.5 Å². The quantitative estimate of drug-likeness (QED) is 0.773. The fourth-order valence-corrected chi connectivity index (χ4v) is 2.21. The van der Waals surface area contributed by atoms with E-state index in [2.05, 4.69) is 78.9 Å². The standard InChI is InChI=1S/C18H24N2/c1-20(2)18-12-10-16(11-13-18)9-6-14-19-15-17-7-4-3-5-8-17/h3-5,7-8,10-13,19H,6,9,14-15H2,1-2H3. The third kappa shape index (κ3) is 4.71. The van der Waals surface area contributed by atoms with Crippen LogP contribution in [0.2, 0.25) is 0 Å². The number of benzene rings is 2. The van der Waals surface area contributed by atoms with Crippen molar-refractivity contribution in [3.8, 4) is 0 Å². The second kappa shape index (κ2) is 7.71. The van der Waals surface area contributed by atoms with Crippen molar-refractivity contribution >= 4 is 5.69 Å². The number of hydrogen-bond donors (Lipinski definition) is 1. The molecule has 0 bridgehead atoms. The maximum Gasteiger partial charge on any atom is 0.0361 e. The number of nitrogens with zero attached hydrogens (tertiary/aromatic N) is 1. The first kappa shape index (κ1) is 14.6. The zero-order valence-electron chi connectivity index (χ0n) is 12.5. The molecule has 106 valence electrons. The van der Waals surface area contributed by atoms with Crippen molar-refractivity contribution in [3.05, 3.63) is 65.7 Å². The molecule has 0 saturated carbocycles. The van der Waals surface area contributed by atoms with Gasteiger partial charge in [-0.1, -0.05) is 42.5 Å². The van der Waals surface area contributed by atoms with Crippen LogP contribution < -0.4 is 10.2 Å². The first-order valence-corrected chi connectivity index (χ1v) is 7.26. The molecule has 0 spiro atoms. The van der Waals surface area contributed by atoms with Crippen LogP contribution in [0.25, 0.3) is 0 Å². The van der Waals surface area contributed by atoms with Crippen LogP contribution in [0.15, 0.2) is 54.6 Å². The van der Waals surface area contributed by atoms with Crippen molar-refractivity contribution in [1.82, 2.24) is 5.32 Å². The fraction of sp³-hybridized carbons (Fsp3) is 0.333. The highest BCUT2D eigenvalue weighted by Crippen LogP contribution is 2.13. The Labute approximate surface area is 122 Å². The van der Waals surface area contributed by atoms with Crippen LogP contribution >= 0.6 is 0 Å². The van der Waals surface area contributed by atoms with E-state index in [9.17, 15) is 0 Å². The number of aryl methyl sites for hydroxylation is 1. The Kier molecular flexibility index (Phi) is 5.63. The van der Waals surface area contributed by atoms with Crippen molar-refractivity contribution < 1.29 is 0 Å². The van der Waals surface area contributed by atoms with E-state index in [4.69, 9.17) is 0 Å². The summed E-state index contributed by atoms with van der Waals surface area (Å²) >= 11 is 0. The lowest BCUT2D eigenvalue weighted by atomic mass is 10.1. The molecule has 0 unspecified atom stereocenters. The summed E-state index contributed by atoms with van der Waals surface area (Å²) in [5.41, 5.74) is 4.02. The second-order valence-corrected chi connectivity index (χ2v) is 5.33. The van der Waals surface area contributed by atoms with E-state index < -0.39 is 0 Å². The zero-order chi connectivity index (χ0) is 14.2. The summed E-state index contributed by atoms with van der Waals surface area (Å²) in [6.45, 7) is 2.02. The molecular formula is C18H24N2. The summed E-state index contributed by atoms with van der Waals surface area (Å²) in [7, 11) is 4.14. The Morgan fingerprint density at radius 1 is 0.850 bits per heavy atom. The molecule has 0 aliphatic rings. The molecule has 2 aromatic carbocycles. The molecular weight excluding hydrogens is 244 g/mol. The Bertz CT molecular complexity index is 489. The molecule has 2 rings (SSSR count). The van der Waals surface area contributed by atoms with Crippen molar-refractivity contribution in [2.24, 2.45) is 0 Å². The van der Waals surface area contributed by atoms with Crippen LogP contribution in [-0.4, -0.2) is 20.6 Å². The minimum Gasteiger partial charge on any atom is -0.378 e. The monoisotopic (exact) mass is 268 g/mol. The van der Waals surface area contributed by atoms with Crippen LogP contribution in [0.3, 0.4) is 0 Å². The van der Waals surface area contributed by atoms with E-state index >= 15 is 0 Å². The third-order valence-electron chi connectivity index (χ3n) is 3.44. The van der Waals surface area contributed by atoms with Gasteiger partial charge in [0.2, 0.25) is 0 Å². The van der Waals surface area contributed by atoms with E-state index in [1.54, 1.807) is 0 Å². The highest BCUT2D eigenvalue weighted by Gasteiger charge is 1.97. The molecule has 1 N–H and O–H groups in total. The minimum atomic E-state index is 0.959. The number of nitrogens with one attached hydrogen (secondary N) is 1. The van der Waals surface area contributed by atoms with Gasteiger partial charge in [-0.05, 0) is 42.6 Å². The molecule has 2 aromatic rings. The SMILES string of the molecule is CN(C)c1ccc(CCCNCc2ccccc2)cc1. The van der Waals surface area contributed by atoms with Gasteiger partial charge < -0.3 is 10.2 Å². The summed E-state index contributed by atoms with van der Waals surface area (Å²) in [4.78, 5) is 2.13. The maximum absolute atomic E-state index is 3.49. The summed E-state index contributed by atoms with van der Waals surface area (Å²) in [6, 6.07) is 19.4. The lowest BCUT2D eigenvalue weighted by molar-refractivity contribution is 0.649. The summed E-state index contributed by atoms with van der Waals surface area (Å²) in [5, 5.41) is 3.49. The van der Waals surface area contributed by atoms with Gasteiger partial charge in [-0.2, -0.15) is 0 Å². The van der Waals surface area contributed by atoms with Crippen LogP contribution in [-0.2, 0) is 13.0 Å². The van der Waals surface area contributed by atoms with E-state index in [1.807, 2.05) is 0 Å². The van der Waals surface area contributed by atoms with E-state index in [0.29, 0.717) is 0 Å². The fourth-order valence-electron chi connectivity index (χ4n) is 2.21. The smallest absolute Gasteiger partial charge is 0.0361 e. The molecule has 0 saturated heterocycles. The van der Waals surface area contributed by atoms with Gasteiger partial charge in [0.1, 0.15) is 0 Å². The van der Waals surface area contributed by atoms with Crippen molar-refractivity contribution in [2.45, 2.75) is 19.4 Å². The van der Waals surface area contributed by atoms with Crippen molar-refractivity contribution in [1.29, 1.82) is 0 Å². The molecule has 0 amide bonds. The van der Waals surface area contributed by atoms with Gasteiger partial charge in [0, 0.05) is 26.3 Å². The van der Waals surface area contributed by atoms with Gasteiger partial charge in [-0.3, -0.25) is 0 Å². The largest absolute Gasteiger partial charge is 0.378 e. The van der Waals surface area contributed by atoms with Gasteiger partial charge in [0.05, 0.1) is 0 Å². The number of rotatable bonds is 7. The Morgan fingerprint density at radius 3 is 2.20 bits per heavy atom. The van der Waals surface area contributed by atoms with Crippen LogP contribution in [0.4, 0.5) is 5.69 Å². The van der Waals surface area contributed by atoms with E-state index in [1.165, 1.54) is 23.2 Å². The summed E-state index contributed by atoms with van der Waals surface area (Å²) < 4.78 is 0. The number of hydrogen-bond acceptors (Lipinski definition) is 2. The normalized spacial score (nSPS) is 10.5. The Balaban J connectivity index is 1.66. The van der Waals surface area contributed by atoms with Gasteiger partial charge in [0.25, 0.3) is 0 Å². The van der Waals surface area contributed by atoms with Crippen LogP contribution in [0, 0.1) is 0 Å². The number of anilines is 1. The lowest BCUT2D eigenvalue weighted by Gasteiger charge is -2.12. The second-order valence-electron chi connectivity index (χ2n) is 5.33. The Hall–Kier alpha value is -1.80. The highest BCUT2D eigenvalue weighted by molar-refractivity contribution is 5.45. The highest BCUT2D eigenvalue weighted by atomic mass is 15.1. The Morgan fingerprint density at radius 2 is 1.55 bits per heavy atom. The molecule has 0 aliphatic carbocycles. The molecule has 0 fully saturated rings. The van der Waals surface area contributed by atoms with Crippen LogP contribution in [0.5, 0.6) is 0 Å². The molecule has 0 aliphatic heterocycles. The van der Waals surface area contributed by atoms with E-state index in [-0.39, 0.29) is 0 Å². The van der Waals surface area contributed by atoms with Gasteiger partial charge in [-0.15, -0.1) is 0 Å². The molecule has 0 radical (unpaired) electrons. The zero-order valence-corrected chi connectivity index (χ0v) is 12.5. The molecule has 20 heavy (non-hydrogen) atoms. The molecule has 2 heteroatoms. The van der Waals surface area contributed by atoms with Gasteiger partial charge in [-0.25, -0.2) is 0 Å². The van der Waals surface area contributed by atoms with Gasteiger partial charge in [0.15, 0.2) is 0 Å². The lowest BCUT2D eigenvalue weighted by Crippen LogP contribution is -2.15. The third-order valence-corrected chi connectivity index (χ3v) is 3.44. The summed E-state index contributed by atoms with van der Waals surface area (Å²) in [5.74, 6) is 0. The van der Waals surface area contributed by atoms with Gasteiger partial charge >= 0.3 is 0 Å². The van der Waals surface area contributed by atoms with Crippen molar-refractivity contribution in [2.75, 3.05) is 25.5 Å². The average Bonchev–Trinajstić information content (AvgIpc) is 2.48. The molecule has 0 heterocycles. The average molecular weight is 268 g/mol. The molecule has 2 nitrogen and oxygen atoms in total. The first-order valence-electron chi connectivity index (χ1n) is 7.26. The first-order chi connectivity index (χ1) is 9.75. The minimum absolute atomic E-state index is 0.959. The molecule has 0 atom stereocenters. The predicted octanol–water partition coefficient (Wildman–Crippen LogP) is 3.48. The summed E-state index contributed by atoms with van der Waals surface area (Å²) in [6.07, 6.45) is 2.31. The van der Waals surface area contributed by atoms with Crippen molar-refractivity contribution in [3.63, 3.8) is 0 Å².